The molecule has 8 heteroatoms. The molecule has 6 nitrogen and oxygen atoms in total. The highest BCUT2D eigenvalue weighted by Crippen LogP contribution is 2.47. The molecule has 0 unspecified atom stereocenters. The van der Waals surface area contributed by atoms with Gasteiger partial charge in [0.05, 0.1) is 13.2 Å². The van der Waals surface area contributed by atoms with E-state index in [0.717, 1.165) is 26.1 Å². The van der Waals surface area contributed by atoms with Crippen LogP contribution in [0.3, 0.4) is 0 Å². The third-order valence-electron chi connectivity index (χ3n) is 5.58. The quantitative estimate of drug-likeness (QED) is 0.454. The van der Waals surface area contributed by atoms with Crippen LogP contribution in [0.25, 0.3) is 10.1 Å². The first kappa shape index (κ1) is 19.2. The predicted octanol–water partition coefficient (Wildman–Crippen LogP) is 3.88. The van der Waals surface area contributed by atoms with E-state index in [0.29, 0.717) is 17.9 Å². The van der Waals surface area contributed by atoms with Crippen molar-refractivity contribution in [3.63, 3.8) is 0 Å². The van der Waals surface area contributed by atoms with E-state index in [9.17, 15) is 9.59 Å². The maximum atomic E-state index is 13.0. The van der Waals surface area contributed by atoms with Crippen LogP contribution >= 0.6 is 22.9 Å². The van der Waals surface area contributed by atoms with Crippen molar-refractivity contribution in [1.82, 2.24) is 4.90 Å². The van der Waals surface area contributed by atoms with Gasteiger partial charge in [-0.25, -0.2) is 4.79 Å². The Bertz CT molecular complexity index is 1160. The molecule has 0 N–H and O–H groups in total. The summed E-state index contributed by atoms with van der Waals surface area (Å²) in [4.78, 5) is 28.3. The van der Waals surface area contributed by atoms with Crippen LogP contribution in [-0.2, 0) is 20.7 Å². The van der Waals surface area contributed by atoms with Crippen LogP contribution in [-0.4, -0.2) is 42.6 Å². The SMILES string of the molecule is COC(=O)[C@H]1Cc2c(sc3ccccc23)[C@@H](c2ccc3c(c2)OCO3)N1C(=O)CCl. The summed E-state index contributed by atoms with van der Waals surface area (Å²) in [6, 6.07) is 12.4. The second-order valence-electron chi connectivity index (χ2n) is 7.13. The number of benzene rings is 2. The van der Waals surface area contributed by atoms with Crippen LogP contribution in [0.1, 0.15) is 22.0 Å². The van der Waals surface area contributed by atoms with Crippen molar-refractivity contribution in [3.8, 4) is 11.5 Å². The van der Waals surface area contributed by atoms with Gasteiger partial charge in [-0.15, -0.1) is 22.9 Å². The number of methoxy groups -OCH3 is 1. The lowest BCUT2D eigenvalue weighted by molar-refractivity contribution is -0.154. The van der Waals surface area contributed by atoms with E-state index in [-0.39, 0.29) is 18.6 Å². The Labute approximate surface area is 181 Å². The van der Waals surface area contributed by atoms with Crippen LogP contribution in [0.2, 0.25) is 0 Å². The molecule has 5 rings (SSSR count). The molecular formula is C22H18ClNO5S. The molecule has 0 aliphatic carbocycles. The Hall–Kier alpha value is -2.77. The average molecular weight is 444 g/mol. The van der Waals surface area contributed by atoms with Gasteiger partial charge < -0.3 is 19.1 Å². The molecule has 1 amide bonds. The van der Waals surface area contributed by atoms with Gasteiger partial charge >= 0.3 is 5.97 Å². The minimum absolute atomic E-state index is 0.159. The maximum Gasteiger partial charge on any atom is 0.328 e. The topological polar surface area (TPSA) is 65.1 Å². The van der Waals surface area contributed by atoms with Crippen molar-refractivity contribution >= 4 is 44.9 Å². The lowest BCUT2D eigenvalue weighted by Crippen LogP contribution is -2.52. The zero-order chi connectivity index (χ0) is 20.8. The van der Waals surface area contributed by atoms with Crippen LogP contribution in [0.4, 0.5) is 0 Å². The van der Waals surface area contributed by atoms with Crippen LogP contribution in [0.15, 0.2) is 42.5 Å². The number of rotatable bonds is 3. The summed E-state index contributed by atoms with van der Waals surface area (Å²) >= 11 is 7.59. The highest BCUT2D eigenvalue weighted by molar-refractivity contribution is 7.19. The van der Waals surface area contributed by atoms with Gasteiger partial charge in [-0.3, -0.25) is 4.79 Å². The number of halogens is 1. The van der Waals surface area contributed by atoms with Gasteiger partial charge in [-0.1, -0.05) is 24.3 Å². The number of thiophene rings is 1. The standard InChI is InChI=1S/C22H18ClNO5S/c1-27-22(26)15-9-14-13-4-2-3-5-18(13)30-21(14)20(24(15)19(25)10-23)12-6-7-16-17(8-12)29-11-28-16/h2-8,15,20H,9-11H2,1H3/t15-,20-/m1/s1. The molecule has 0 bridgehead atoms. The molecule has 154 valence electrons. The van der Waals surface area contributed by atoms with E-state index in [4.69, 9.17) is 25.8 Å². The number of carbonyl (C=O) groups excluding carboxylic acids is 2. The Balaban J connectivity index is 1.75. The number of alkyl halides is 1. The van der Waals surface area contributed by atoms with E-state index < -0.39 is 18.1 Å². The van der Waals surface area contributed by atoms with Crippen molar-refractivity contribution in [1.29, 1.82) is 0 Å². The Morgan fingerprint density at radius 2 is 2.00 bits per heavy atom. The average Bonchev–Trinajstić information content (AvgIpc) is 3.40. The van der Waals surface area contributed by atoms with Gasteiger partial charge in [0.1, 0.15) is 11.9 Å². The van der Waals surface area contributed by atoms with E-state index in [2.05, 4.69) is 12.1 Å². The highest BCUT2D eigenvalue weighted by atomic mass is 35.5. The van der Waals surface area contributed by atoms with E-state index in [1.807, 2.05) is 30.3 Å². The van der Waals surface area contributed by atoms with Gasteiger partial charge in [0.25, 0.3) is 0 Å². The summed E-state index contributed by atoms with van der Waals surface area (Å²) in [5.74, 6) is 0.270. The zero-order valence-corrected chi connectivity index (χ0v) is 17.7. The normalized spacial score (nSPS) is 19.6. The fourth-order valence-electron chi connectivity index (χ4n) is 4.26. The van der Waals surface area contributed by atoms with Crippen molar-refractivity contribution in [2.75, 3.05) is 19.8 Å². The van der Waals surface area contributed by atoms with Gasteiger partial charge in [0.2, 0.25) is 12.7 Å². The first-order valence-electron chi connectivity index (χ1n) is 9.47. The maximum absolute atomic E-state index is 13.0. The first-order chi connectivity index (χ1) is 14.6. The minimum atomic E-state index is -0.762. The molecule has 2 atom stereocenters. The Morgan fingerprint density at radius 1 is 1.20 bits per heavy atom. The predicted molar refractivity (Wildman–Crippen MR) is 113 cm³/mol. The smallest absolute Gasteiger partial charge is 0.328 e. The van der Waals surface area contributed by atoms with Crippen LogP contribution in [0.5, 0.6) is 11.5 Å². The van der Waals surface area contributed by atoms with Gasteiger partial charge in [0.15, 0.2) is 11.5 Å². The largest absolute Gasteiger partial charge is 0.467 e. The van der Waals surface area contributed by atoms with Gasteiger partial charge in [-0.2, -0.15) is 0 Å². The first-order valence-corrected chi connectivity index (χ1v) is 10.8. The molecule has 2 aliphatic rings. The Kier molecular flexibility index (Phi) is 4.79. The second-order valence-corrected chi connectivity index (χ2v) is 8.49. The number of esters is 1. The molecule has 3 aromatic rings. The third-order valence-corrected chi connectivity index (χ3v) is 7.07. The molecule has 30 heavy (non-hydrogen) atoms. The van der Waals surface area contributed by atoms with Gasteiger partial charge in [-0.05, 0) is 34.7 Å². The molecular weight excluding hydrogens is 426 g/mol. The summed E-state index contributed by atoms with van der Waals surface area (Å²) in [7, 11) is 1.34. The molecule has 0 radical (unpaired) electrons. The molecule has 2 aromatic carbocycles. The van der Waals surface area contributed by atoms with Gasteiger partial charge in [0, 0.05) is 16.0 Å². The third kappa shape index (κ3) is 2.92. The lowest BCUT2D eigenvalue weighted by Gasteiger charge is -2.40. The van der Waals surface area contributed by atoms with Crippen LogP contribution in [0, 0.1) is 0 Å². The fraction of sp³-hybridized carbons (Fsp3) is 0.273. The number of nitrogens with zero attached hydrogens (tertiary/aromatic N) is 1. The van der Waals surface area contributed by atoms with Crippen molar-refractivity contribution in [3.05, 3.63) is 58.5 Å². The molecule has 0 saturated carbocycles. The van der Waals surface area contributed by atoms with Crippen molar-refractivity contribution in [2.24, 2.45) is 0 Å². The second kappa shape index (κ2) is 7.49. The van der Waals surface area contributed by atoms with Crippen molar-refractivity contribution in [2.45, 2.75) is 18.5 Å². The number of amides is 1. The molecule has 0 spiro atoms. The van der Waals surface area contributed by atoms with Crippen molar-refractivity contribution < 1.29 is 23.8 Å². The van der Waals surface area contributed by atoms with E-state index in [1.165, 1.54) is 7.11 Å². The number of hydrogen-bond acceptors (Lipinski definition) is 6. The summed E-state index contributed by atoms with van der Waals surface area (Å²) in [6.45, 7) is 0.159. The lowest BCUT2D eigenvalue weighted by atomic mass is 9.88. The minimum Gasteiger partial charge on any atom is -0.467 e. The molecule has 1 aromatic heterocycles. The monoisotopic (exact) mass is 443 g/mol. The molecule has 0 saturated heterocycles. The zero-order valence-electron chi connectivity index (χ0n) is 16.1. The van der Waals surface area contributed by atoms with E-state index in [1.54, 1.807) is 16.2 Å². The number of fused-ring (bicyclic) bond motifs is 4. The summed E-state index contributed by atoms with van der Waals surface area (Å²) in [5.41, 5.74) is 1.89. The number of ether oxygens (including phenoxy) is 3. The molecule has 3 heterocycles. The molecule has 2 aliphatic heterocycles. The van der Waals surface area contributed by atoms with Crippen LogP contribution < -0.4 is 9.47 Å². The van der Waals surface area contributed by atoms with E-state index >= 15 is 0 Å². The molecule has 0 fully saturated rings. The number of carbonyl (C=O) groups is 2. The summed E-state index contributed by atoms with van der Waals surface area (Å²) in [6.07, 6.45) is 0.385. The highest BCUT2D eigenvalue weighted by Gasteiger charge is 2.44. The summed E-state index contributed by atoms with van der Waals surface area (Å²) in [5, 5.41) is 1.09. The Morgan fingerprint density at radius 3 is 2.80 bits per heavy atom. The fourth-order valence-corrected chi connectivity index (χ4v) is 5.76. The number of hydrogen-bond donors (Lipinski definition) is 0. The summed E-state index contributed by atoms with van der Waals surface area (Å²) < 4.78 is 17.2.